The Kier molecular flexibility index (Phi) is 4.42. The number of aromatic nitrogens is 1. The zero-order chi connectivity index (χ0) is 13.0. The second-order valence-corrected chi connectivity index (χ2v) is 4.51. The lowest BCUT2D eigenvalue weighted by atomic mass is 10.3. The molecule has 0 aliphatic carbocycles. The Hall–Kier alpha value is -1.29. The average Bonchev–Trinajstić information content (AvgIpc) is 2.35. The van der Waals surface area contributed by atoms with Crippen molar-refractivity contribution in [1.29, 1.82) is 0 Å². The van der Waals surface area contributed by atoms with Crippen LogP contribution in [0.3, 0.4) is 0 Å². The number of halogens is 2. The van der Waals surface area contributed by atoms with Gasteiger partial charge in [-0.15, -0.1) is 0 Å². The van der Waals surface area contributed by atoms with Crippen LogP contribution >= 0.6 is 23.2 Å². The number of nitrogens with zero attached hydrogens (tertiary/aromatic N) is 1. The summed E-state index contributed by atoms with van der Waals surface area (Å²) in [5.41, 5.74) is 0.994. The molecule has 0 aliphatic heterocycles. The number of rotatable bonds is 4. The van der Waals surface area contributed by atoms with Crippen LogP contribution in [0.15, 0.2) is 36.5 Å². The van der Waals surface area contributed by atoms with Gasteiger partial charge in [0, 0.05) is 12.7 Å². The van der Waals surface area contributed by atoms with Crippen LogP contribution in [0.1, 0.15) is 5.56 Å². The molecule has 0 bridgehead atoms. The summed E-state index contributed by atoms with van der Waals surface area (Å²) in [6.45, 7) is 0.707. The van der Waals surface area contributed by atoms with Crippen LogP contribution in [0.2, 0.25) is 10.0 Å². The van der Waals surface area contributed by atoms with E-state index >= 15 is 0 Å². The highest BCUT2D eigenvalue weighted by molar-refractivity contribution is 6.32. The van der Waals surface area contributed by atoms with Crippen molar-refractivity contribution < 1.29 is 4.74 Å². The molecule has 1 heterocycles. The summed E-state index contributed by atoms with van der Waals surface area (Å²) >= 11 is 12.1. The van der Waals surface area contributed by atoms with Gasteiger partial charge >= 0.3 is 0 Å². The minimum atomic E-state index is 0.351. The maximum absolute atomic E-state index is 6.11. The Labute approximate surface area is 116 Å². The molecule has 0 atom stereocenters. The lowest BCUT2D eigenvalue weighted by Crippen LogP contribution is -2.05. The summed E-state index contributed by atoms with van der Waals surface area (Å²) in [4.78, 5) is 4.18. The Bertz CT molecular complexity index is 546. The zero-order valence-electron chi connectivity index (χ0n) is 9.78. The van der Waals surface area contributed by atoms with Crippen molar-refractivity contribution in [2.45, 2.75) is 6.54 Å². The molecule has 2 aromatic rings. The molecule has 1 aromatic heterocycles. The van der Waals surface area contributed by atoms with Gasteiger partial charge in [-0.1, -0.05) is 35.3 Å². The quantitative estimate of drug-likeness (QED) is 0.924. The van der Waals surface area contributed by atoms with Gasteiger partial charge < -0.3 is 10.1 Å². The Balaban J connectivity index is 2.22. The summed E-state index contributed by atoms with van der Waals surface area (Å²) < 4.78 is 5.58. The van der Waals surface area contributed by atoms with E-state index in [1.807, 2.05) is 25.2 Å². The maximum atomic E-state index is 6.11. The van der Waals surface area contributed by atoms with E-state index in [0.717, 1.165) is 5.56 Å². The summed E-state index contributed by atoms with van der Waals surface area (Å²) in [5, 5.41) is 4.01. The Morgan fingerprint density at radius 2 is 2.00 bits per heavy atom. The van der Waals surface area contributed by atoms with Crippen LogP contribution in [0.25, 0.3) is 0 Å². The van der Waals surface area contributed by atoms with Gasteiger partial charge in [0.25, 0.3) is 0 Å². The number of benzene rings is 1. The van der Waals surface area contributed by atoms with Crippen LogP contribution in [0, 0.1) is 0 Å². The third-order valence-corrected chi connectivity index (χ3v) is 2.87. The number of para-hydroxylation sites is 1. The fourth-order valence-electron chi connectivity index (χ4n) is 1.47. The van der Waals surface area contributed by atoms with Gasteiger partial charge in [-0.05, 0) is 30.8 Å². The largest absolute Gasteiger partial charge is 0.436 e. The molecule has 3 nitrogen and oxygen atoms in total. The van der Waals surface area contributed by atoms with Crippen molar-refractivity contribution in [3.05, 3.63) is 52.1 Å². The molecule has 0 unspecified atom stereocenters. The lowest BCUT2D eigenvalue weighted by molar-refractivity contribution is 0.463. The molecule has 1 N–H and O–H groups in total. The fraction of sp³-hybridized carbons (Fsp3) is 0.154. The molecule has 18 heavy (non-hydrogen) atoms. The van der Waals surface area contributed by atoms with Crippen molar-refractivity contribution in [2.24, 2.45) is 0 Å². The Morgan fingerprint density at radius 3 is 2.67 bits per heavy atom. The fourth-order valence-corrected chi connectivity index (χ4v) is 1.87. The van der Waals surface area contributed by atoms with Crippen molar-refractivity contribution >= 4 is 23.2 Å². The summed E-state index contributed by atoms with van der Waals surface area (Å²) in [6, 6.07) is 9.00. The highest BCUT2D eigenvalue weighted by Crippen LogP contribution is 2.31. The molecule has 0 aliphatic rings. The summed E-state index contributed by atoms with van der Waals surface area (Å²) in [7, 11) is 1.86. The number of hydrogen-bond donors (Lipinski definition) is 1. The normalized spacial score (nSPS) is 10.4. The number of pyridine rings is 1. The number of nitrogens with one attached hydrogen (secondary N) is 1. The van der Waals surface area contributed by atoms with Crippen LogP contribution in [-0.2, 0) is 6.54 Å². The van der Waals surface area contributed by atoms with Gasteiger partial charge in [-0.3, -0.25) is 0 Å². The first-order valence-corrected chi connectivity index (χ1v) is 6.17. The van der Waals surface area contributed by atoms with Crippen molar-refractivity contribution in [3.8, 4) is 11.6 Å². The van der Waals surface area contributed by atoms with E-state index in [1.54, 1.807) is 18.3 Å². The lowest BCUT2D eigenvalue weighted by Gasteiger charge is -2.09. The monoisotopic (exact) mass is 282 g/mol. The van der Waals surface area contributed by atoms with E-state index in [2.05, 4.69) is 10.3 Å². The predicted molar refractivity (Wildman–Crippen MR) is 73.5 cm³/mol. The average molecular weight is 283 g/mol. The Morgan fingerprint density at radius 1 is 1.22 bits per heavy atom. The standard InChI is InChI=1S/C13H12Cl2N2O/c1-16-7-9-6-11(15)13(17-8-9)18-12-5-3-2-4-10(12)14/h2-6,8,16H,7H2,1H3. The SMILES string of the molecule is CNCc1cnc(Oc2ccccc2Cl)c(Cl)c1. The number of hydrogen-bond acceptors (Lipinski definition) is 3. The summed E-state index contributed by atoms with van der Waals surface area (Å²) in [6.07, 6.45) is 1.72. The smallest absolute Gasteiger partial charge is 0.238 e. The van der Waals surface area contributed by atoms with E-state index in [1.165, 1.54) is 0 Å². The molecule has 0 fully saturated rings. The second kappa shape index (κ2) is 6.05. The van der Waals surface area contributed by atoms with Gasteiger partial charge in [0.05, 0.1) is 5.02 Å². The minimum absolute atomic E-state index is 0.351. The van der Waals surface area contributed by atoms with Crippen LogP contribution in [0.4, 0.5) is 0 Å². The van der Waals surface area contributed by atoms with Gasteiger partial charge in [0.1, 0.15) is 10.8 Å². The molecule has 0 saturated carbocycles. The third-order valence-electron chi connectivity index (χ3n) is 2.29. The van der Waals surface area contributed by atoms with E-state index in [0.29, 0.717) is 28.2 Å². The van der Waals surface area contributed by atoms with E-state index in [4.69, 9.17) is 27.9 Å². The van der Waals surface area contributed by atoms with Crippen LogP contribution < -0.4 is 10.1 Å². The third kappa shape index (κ3) is 3.13. The number of ether oxygens (including phenoxy) is 1. The minimum Gasteiger partial charge on any atom is -0.436 e. The van der Waals surface area contributed by atoms with Crippen LogP contribution in [-0.4, -0.2) is 12.0 Å². The molecule has 0 saturated heterocycles. The summed E-state index contributed by atoms with van der Waals surface area (Å²) in [5.74, 6) is 0.888. The van der Waals surface area contributed by atoms with E-state index in [9.17, 15) is 0 Å². The van der Waals surface area contributed by atoms with Gasteiger partial charge in [0.2, 0.25) is 5.88 Å². The van der Waals surface area contributed by atoms with Crippen molar-refractivity contribution in [2.75, 3.05) is 7.05 Å². The van der Waals surface area contributed by atoms with Crippen LogP contribution in [0.5, 0.6) is 11.6 Å². The van der Waals surface area contributed by atoms with E-state index in [-0.39, 0.29) is 0 Å². The molecule has 0 amide bonds. The predicted octanol–water partition coefficient (Wildman–Crippen LogP) is 3.90. The van der Waals surface area contributed by atoms with Crippen molar-refractivity contribution in [3.63, 3.8) is 0 Å². The first-order chi connectivity index (χ1) is 8.70. The first-order valence-electron chi connectivity index (χ1n) is 5.42. The maximum Gasteiger partial charge on any atom is 0.238 e. The molecule has 0 spiro atoms. The molecule has 94 valence electrons. The zero-order valence-corrected chi connectivity index (χ0v) is 11.3. The molecule has 2 rings (SSSR count). The highest BCUT2D eigenvalue weighted by Gasteiger charge is 2.08. The van der Waals surface area contributed by atoms with E-state index < -0.39 is 0 Å². The molecule has 5 heteroatoms. The van der Waals surface area contributed by atoms with Gasteiger partial charge in [-0.25, -0.2) is 4.98 Å². The van der Waals surface area contributed by atoms with Gasteiger partial charge in [0.15, 0.2) is 0 Å². The van der Waals surface area contributed by atoms with Crippen molar-refractivity contribution in [1.82, 2.24) is 10.3 Å². The van der Waals surface area contributed by atoms with Gasteiger partial charge in [-0.2, -0.15) is 0 Å². The molecule has 0 radical (unpaired) electrons. The second-order valence-electron chi connectivity index (χ2n) is 3.69. The molecular weight excluding hydrogens is 271 g/mol. The first kappa shape index (κ1) is 13.1. The molecule has 1 aromatic carbocycles. The highest BCUT2D eigenvalue weighted by atomic mass is 35.5. The topological polar surface area (TPSA) is 34.2 Å². The molecular formula is C13H12Cl2N2O.